The lowest BCUT2D eigenvalue weighted by molar-refractivity contribution is -0.127. The summed E-state index contributed by atoms with van der Waals surface area (Å²) in [6.45, 7) is 7.44. The van der Waals surface area contributed by atoms with E-state index >= 15 is 0 Å². The minimum Gasteiger partial charge on any atom is -0.508 e. The lowest BCUT2D eigenvalue weighted by atomic mass is 9.97. The van der Waals surface area contributed by atoms with Crippen LogP contribution in [0, 0.1) is 0 Å². The van der Waals surface area contributed by atoms with Gasteiger partial charge in [-0.15, -0.1) is 11.3 Å². The monoisotopic (exact) mass is 637 g/mol. The first-order chi connectivity index (χ1) is 22.5. The number of rotatable bonds is 11. The first-order valence-electron chi connectivity index (χ1n) is 15.9. The number of ether oxygens (including phenoxy) is 2. The molecule has 4 N–H and O–H groups in total. The summed E-state index contributed by atoms with van der Waals surface area (Å²) in [7, 11) is 1.74. The molecule has 1 aliphatic rings. The summed E-state index contributed by atoms with van der Waals surface area (Å²) in [6.07, 6.45) is 2.14. The van der Waals surface area contributed by atoms with Crippen LogP contribution in [0.3, 0.4) is 0 Å². The van der Waals surface area contributed by atoms with Crippen molar-refractivity contribution in [1.29, 1.82) is 0 Å². The van der Waals surface area contributed by atoms with Crippen molar-refractivity contribution in [2.24, 2.45) is 5.73 Å². The number of nitrogens with one attached hydrogen (secondary N) is 1. The number of amides is 1. The highest BCUT2D eigenvalue weighted by Gasteiger charge is 2.19. The van der Waals surface area contributed by atoms with Crippen molar-refractivity contribution in [3.8, 4) is 21.9 Å². The molecular weight excluding hydrogens is 595 g/mol. The van der Waals surface area contributed by atoms with Crippen LogP contribution in [0.1, 0.15) is 48.9 Å². The van der Waals surface area contributed by atoms with Gasteiger partial charge < -0.3 is 19.9 Å². The van der Waals surface area contributed by atoms with Crippen LogP contribution >= 0.6 is 11.3 Å². The van der Waals surface area contributed by atoms with Crippen LogP contribution in [0.25, 0.3) is 20.5 Å². The van der Waals surface area contributed by atoms with Crippen LogP contribution in [-0.4, -0.2) is 42.3 Å². The normalized spacial score (nSPS) is 13.7. The molecule has 240 valence electrons. The van der Waals surface area contributed by atoms with Crippen molar-refractivity contribution in [2.45, 2.75) is 52.5 Å². The second-order valence-corrected chi connectivity index (χ2v) is 12.2. The number of hydrogen-bond donors (Lipinski definition) is 3. The van der Waals surface area contributed by atoms with Gasteiger partial charge in [0.25, 0.3) is 5.91 Å². The predicted octanol–water partition coefficient (Wildman–Crippen LogP) is 7.94. The number of fused-ring (bicyclic) bond motifs is 1. The summed E-state index contributed by atoms with van der Waals surface area (Å²) in [4.78, 5) is 16.3. The Labute approximate surface area is 275 Å². The molecule has 1 atom stereocenters. The van der Waals surface area contributed by atoms with Crippen molar-refractivity contribution in [3.05, 3.63) is 113 Å². The molecule has 0 bridgehead atoms. The third kappa shape index (κ3) is 8.13. The summed E-state index contributed by atoms with van der Waals surface area (Å²) in [6, 6.07) is 29.4. The van der Waals surface area contributed by atoms with Crippen LogP contribution in [0.2, 0.25) is 0 Å². The van der Waals surface area contributed by atoms with Crippen molar-refractivity contribution >= 4 is 33.0 Å². The van der Waals surface area contributed by atoms with Crippen LogP contribution in [0.5, 0.6) is 11.5 Å². The molecule has 2 heterocycles. The number of likely N-dealkylation sites (tertiary alicyclic amines) is 1. The number of carbonyl (C=O) groups excluding carboxylic acids is 1. The highest BCUT2D eigenvalue weighted by Crippen LogP contribution is 2.42. The highest BCUT2D eigenvalue weighted by molar-refractivity contribution is 7.22. The molecule has 1 amide bonds. The van der Waals surface area contributed by atoms with E-state index in [1.165, 1.54) is 24.0 Å². The fraction of sp³-hybridized carbons (Fsp3) is 0.289. The third-order valence-corrected chi connectivity index (χ3v) is 9.29. The summed E-state index contributed by atoms with van der Waals surface area (Å²) in [5.41, 5.74) is 12.2. The summed E-state index contributed by atoms with van der Waals surface area (Å²) < 4.78 is 12.4. The molecular formula is C38H43N3O4S. The van der Waals surface area contributed by atoms with Crippen molar-refractivity contribution in [2.75, 3.05) is 25.5 Å². The molecule has 0 spiro atoms. The summed E-state index contributed by atoms with van der Waals surface area (Å²) in [5.74, 6) is 0.752. The Hall–Kier alpha value is -4.21. The van der Waals surface area contributed by atoms with Gasteiger partial charge in [0.05, 0.1) is 13.7 Å². The van der Waals surface area contributed by atoms with Gasteiger partial charge in [0.15, 0.2) is 6.23 Å². The fourth-order valence-corrected chi connectivity index (χ4v) is 6.98. The molecule has 1 fully saturated rings. The SMILES string of the molecule is CC.COc1cc(Cc2c(-c3ccc(NC(=O)C(N)OCc4ccccc4)cc3)sc3cc(O)ccc23)ccc1CN1CCCC1. The van der Waals surface area contributed by atoms with Gasteiger partial charge in [-0.25, -0.2) is 0 Å². The number of phenolic OH excluding ortho intramolecular Hbond substituents is 1. The number of hydrogen-bond acceptors (Lipinski definition) is 7. The number of nitrogens with zero attached hydrogens (tertiary/aromatic N) is 1. The second kappa shape index (κ2) is 15.9. The van der Waals surface area contributed by atoms with E-state index in [2.05, 4.69) is 28.4 Å². The second-order valence-electron chi connectivity index (χ2n) is 11.2. The van der Waals surface area contributed by atoms with Crippen molar-refractivity contribution in [1.82, 2.24) is 4.90 Å². The van der Waals surface area contributed by atoms with Gasteiger partial charge in [-0.2, -0.15) is 0 Å². The van der Waals surface area contributed by atoms with E-state index in [1.54, 1.807) is 24.5 Å². The molecule has 5 aromatic rings. The van der Waals surface area contributed by atoms with Gasteiger partial charge in [0, 0.05) is 27.4 Å². The lowest BCUT2D eigenvalue weighted by Crippen LogP contribution is -2.37. The molecule has 1 aromatic heterocycles. The topological polar surface area (TPSA) is 97.0 Å². The van der Waals surface area contributed by atoms with Gasteiger partial charge >= 0.3 is 0 Å². The minimum atomic E-state index is -1.09. The number of benzene rings is 4. The van der Waals surface area contributed by atoms with Gasteiger partial charge in [-0.3, -0.25) is 15.4 Å². The summed E-state index contributed by atoms with van der Waals surface area (Å²) in [5, 5.41) is 14.2. The number of nitrogens with two attached hydrogens (primary N) is 1. The number of methoxy groups -OCH3 is 1. The molecule has 0 saturated carbocycles. The zero-order valence-corrected chi connectivity index (χ0v) is 27.6. The Morgan fingerprint density at radius 1 is 0.957 bits per heavy atom. The first-order valence-corrected chi connectivity index (χ1v) is 16.7. The Morgan fingerprint density at radius 3 is 2.41 bits per heavy atom. The molecule has 8 heteroatoms. The molecule has 7 nitrogen and oxygen atoms in total. The molecule has 1 aliphatic heterocycles. The van der Waals surface area contributed by atoms with Crippen LogP contribution < -0.4 is 15.8 Å². The van der Waals surface area contributed by atoms with Crippen molar-refractivity contribution < 1.29 is 19.4 Å². The zero-order chi connectivity index (χ0) is 32.5. The maximum atomic E-state index is 12.7. The molecule has 0 radical (unpaired) electrons. The van der Waals surface area contributed by atoms with Crippen LogP contribution in [-0.2, 0) is 29.1 Å². The molecule has 1 unspecified atom stereocenters. The maximum absolute atomic E-state index is 12.7. The van der Waals surface area contributed by atoms with Crippen molar-refractivity contribution in [3.63, 3.8) is 0 Å². The zero-order valence-electron chi connectivity index (χ0n) is 26.8. The lowest BCUT2D eigenvalue weighted by Gasteiger charge is -2.18. The van der Waals surface area contributed by atoms with E-state index in [0.717, 1.165) is 57.0 Å². The molecule has 0 aliphatic carbocycles. The van der Waals surface area contributed by atoms with E-state index in [9.17, 15) is 9.90 Å². The Kier molecular flexibility index (Phi) is 11.4. The first kappa shape index (κ1) is 33.2. The van der Waals surface area contributed by atoms with E-state index in [-0.39, 0.29) is 12.4 Å². The average molecular weight is 638 g/mol. The van der Waals surface area contributed by atoms with E-state index in [1.807, 2.05) is 80.6 Å². The van der Waals surface area contributed by atoms with Gasteiger partial charge in [0.1, 0.15) is 11.5 Å². The maximum Gasteiger partial charge on any atom is 0.268 e. The van der Waals surface area contributed by atoms with Gasteiger partial charge in [-0.1, -0.05) is 68.4 Å². The van der Waals surface area contributed by atoms with E-state index < -0.39 is 12.1 Å². The number of carbonyl (C=O) groups is 1. The van der Waals surface area contributed by atoms with Crippen LogP contribution in [0.15, 0.2) is 91.0 Å². The summed E-state index contributed by atoms with van der Waals surface area (Å²) >= 11 is 1.65. The Bertz CT molecular complexity index is 1730. The average Bonchev–Trinajstić information content (AvgIpc) is 3.73. The fourth-order valence-electron chi connectivity index (χ4n) is 5.72. The smallest absolute Gasteiger partial charge is 0.268 e. The highest BCUT2D eigenvalue weighted by atomic mass is 32.1. The van der Waals surface area contributed by atoms with Gasteiger partial charge in [0.2, 0.25) is 0 Å². The largest absolute Gasteiger partial charge is 0.508 e. The number of anilines is 1. The van der Waals surface area contributed by atoms with E-state index in [0.29, 0.717) is 12.1 Å². The molecule has 4 aromatic carbocycles. The quantitative estimate of drug-likeness (QED) is 0.127. The molecule has 6 rings (SSSR count). The van der Waals surface area contributed by atoms with Gasteiger partial charge in [-0.05, 0) is 96.4 Å². The molecule has 1 saturated heterocycles. The van der Waals surface area contributed by atoms with Crippen LogP contribution in [0.4, 0.5) is 5.69 Å². The predicted molar refractivity (Wildman–Crippen MR) is 188 cm³/mol. The molecule has 46 heavy (non-hydrogen) atoms. The minimum absolute atomic E-state index is 0.244. The number of phenols is 1. The Morgan fingerprint density at radius 2 is 1.70 bits per heavy atom. The van der Waals surface area contributed by atoms with E-state index in [4.69, 9.17) is 15.2 Å². The Balaban J connectivity index is 0.00000204. The third-order valence-electron chi connectivity index (χ3n) is 8.05. The standard InChI is InChI=1S/C36H37N3O4S.C2H6/c1-42-32-20-25(9-10-27(32)22-39-17-5-6-18-39)19-31-30-16-15-29(40)21-33(30)44-34(31)26-11-13-28(14-12-26)38-36(41)35(37)43-23-24-7-3-2-4-8-24;1-2/h2-4,7-16,20-21,35,40H,5-6,17-19,22-23,37H2,1H3,(H,38,41);1-2H3. The number of aromatic hydroxyl groups is 1. The number of thiophene rings is 1.